The van der Waals surface area contributed by atoms with Crippen molar-refractivity contribution < 1.29 is 9.59 Å². The molecule has 176 valence electrons. The van der Waals surface area contributed by atoms with E-state index in [1.807, 2.05) is 42.5 Å². The van der Waals surface area contributed by atoms with E-state index in [1.54, 1.807) is 24.5 Å². The van der Waals surface area contributed by atoms with Gasteiger partial charge in [-0.15, -0.1) is 0 Å². The van der Waals surface area contributed by atoms with Crippen LogP contribution in [0.3, 0.4) is 0 Å². The summed E-state index contributed by atoms with van der Waals surface area (Å²) in [6.45, 7) is 2.18. The van der Waals surface area contributed by atoms with Gasteiger partial charge < -0.3 is 20.9 Å². The van der Waals surface area contributed by atoms with E-state index >= 15 is 0 Å². The molecule has 1 aliphatic rings. The van der Waals surface area contributed by atoms with E-state index in [0.717, 1.165) is 35.2 Å². The van der Waals surface area contributed by atoms with Gasteiger partial charge in [0.25, 0.3) is 0 Å². The summed E-state index contributed by atoms with van der Waals surface area (Å²) < 4.78 is 0. The van der Waals surface area contributed by atoms with E-state index in [4.69, 9.17) is 5.73 Å². The Labute approximate surface area is 203 Å². The predicted molar refractivity (Wildman–Crippen MR) is 140 cm³/mol. The minimum Gasteiger partial charge on any atom is -0.372 e. The number of fused-ring (bicyclic) bond motifs is 1. The maximum Gasteiger partial charge on any atom is 0.249 e. The molecule has 1 saturated heterocycles. The van der Waals surface area contributed by atoms with Crippen LogP contribution in [0.15, 0.2) is 73.1 Å². The fraction of sp³-hybridized carbons (Fsp3) is 0.179. The zero-order valence-corrected chi connectivity index (χ0v) is 19.3. The molecule has 1 fully saturated rings. The number of aromatic nitrogens is 2. The first-order valence-corrected chi connectivity index (χ1v) is 11.8. The number of nitrogens with one attached hydrogen (secondary N) is 2. The van der Waals surface area contributed by atoms with Gasteiger partial charge in [0, 0.05) is 47.7 Å². The summed E-state index contributed by atoms with van der Waals surface area (Å²) in [4.78, 5) is 35.0. The summed E-state index contributed by atoms with van der Waals surface area (Å²) in [6.07, 6.45) is 7.84. The normalized spacial score (nSPS) is 13.8. The van der Waals surface area contributed by atoms with Crippen LogP contribution in [0.4, 0.5) is 11.4 Å². The second kappa shape index (κ2) is 9.85. The molecule has 0 spiro atoms. The summed E-state index contributed by atoms with van der Waals surface area (Å²) in [5, 5.41) is 3.74. The third-order valence-corrected chi connectivity index (χ3v) is 6.30. The Morgan fingerprint density at radius 3 is 2.49 bits per heavy atom. The van der Waals surface area contributed by atoms with Gasteiger partial charge >= 0.3 is 0 Å². The third-order valence-electron chi connectivity index (χ3n) is 6.30. The van der Waals surface area contributed by atoms with Crippen molar-refractivity contribution in [3.63, 3.8) is 0 Å². The summed E-state index contributed by atoms with van der Waals surface area (Å²) in [6, 6.07) is 19.2. The molecule has 35 heavy (non-hydrogen) atoms. The minimum atomic E-state index is -0.530. The molecule has 5 rings (SSSR count). The van der Waals surface area contributed by atoms with E-state index in [9.17, 15) is 9.59 Å². The molecule has 2 aromatic heterocycles. The van der Waals surface area contributed by atoms with Gasteiger partial charge in [0.2, 0.25) is 11.8 Å². The third kappa shape index (κ3) is 4.94. The van der Waals surface area contributed by atoms with Crippen molar-refractivity contribution in [3.8, 4) is 0 Å². The van der Waals surface area contributed by atoms with Crippen LogP contribution < -0.4 is 16.0 Å². The molecule has 0 radical (unpaired) electrons. The highest BCUT2D eigenvalue weighted by Gasteiger charge is 2.15. The topological polar surface area (TPSA) is 104 Å². The lowest BCUT2D eigenvalue weighted by molar-refractivity contribution is -0.115. The zero-order valence-electron chi connectivity index (χ0n) is 19.3. The molecule has 2 amide bonds. The van der Waals surface area contributed by atoms with Crippen LogP contribution in [0.2, 0.25) is 0 Å². The van der Waals surface area contributed by atoms with E-state index in [1.165, 1.54) is 18.5 Å². The number of nitrogens with zero attached hydrogens (tertiary/aromatic N) is 2. The second-order valence-corrected chi connectivity index (χ2v) is 8.70. The zero-order chi connectivity index (χ0) is 24.2. The van der Waals surface area contributed by atoms with Crippen molar-refractivity contribution in [1.29, 1.82) is 0 Å². The van der Waals surface area contributed by atoms with Crippen LogP contribution in [-0.2, 0) is 16.0 Å². The summed E-state index contributed by atoms with van der Waals surface area (Å²) in [7, 11) is 0. The highest BCUT2D eigenvalue weighted by molar-refractivity contribution is 6.24. The van der Waals surface area contributed by atoms with E-state index in [-0.39, 0.29) is 12.3 Å². The molecule has 4 N–H and O–H groups in total. The number of nitrogens with two attached hydrogens (primary N) is 1. The average molecular weight is 466 g/mol. The average Bonchev–Trinajstić information content (AvgIpc) is 3.54. The van der Waals surface area contributed by atoms with Crippen LogP contribution in [0.25, 0.3) is 22.7 Å². The van der Waals surface area contributed by atoms with Crippen molar-refractivity contribution in [2.24, 2.45) is 5.73 Å². The van der Waals surface area contributed by atoms with E-state index < -0.39 is 5.91 Å². The number of rotatable bonds is 7. The Balaban J connectivity index is 1.38. The number of pyridine rings is 1. The number of anilines is 2. The van der Waals surface area contributed by atoms with Crippen molar-refractivity contribution in [3.05, 3.63) is 89.7 Å². The molecule has 3 heterocycles. The van der Waals surface area contributed by atoms with Gasteiger partial charge in [-0.1, -0.05) is 42.5 Å². The van der Waals surface area contributed by atoms with Gasteiger partial charge in [0.05, 0.1) is 12.1 Å². The molecule has 7 nitrogen and oxygen atoms in total. The SMILES string of the molecule is NC(=O)/C(=C\c1c[nH]c2nccc(NC(=O)Cc3ccc(N4CCCC4)cc3)c12)c1ccccc1. The number of aromatic amines is 1. The molecule has 4 aromatic rings. The number of hydrogen-bond donors (Lipinski definition) is 3. The Morgan fingerprint density at radius 1 is 1.03 bits per heavy atom. The van der Waals surface area contributed by atoms with Crippen LogP contribution in [0.1, 0.15) is 29.5 Å². The summed E-state index contributed by atoms with van der Waals surface area (Å²) >= 11 is 0. The standard InChI is InChI=1S/C28H27N5O2/c29-27(35)23(20-6-2-1-3-7-20)17-21-18-31-28-26(21)24(12-13-30-28)32-25(34)16-19-8-10-22(11-9-19)33-14-4-5-15-33/h1-3,6-13,17-18H,4-5,14-16H2,(H2,29,35)(H2,30,31,32,34)/b23-17-. The monoisotopic (exact) mass is 465 g/mol. The first-order valence-electron chi connectivity index (χ1n) is 11.8. The van der Waals surface area contributed by atoms with Crippen molar-refractivity contribution in [1.82, 2.24) is 9.97 Å². The minimum absolute atomic E-state index is 0.124. The first kappa shape index (κ1) is 22.4. The van der Waals surface area contributed by atoms with Gasteiger partial charge in [0.15, 0.2) is 0 Å². The summed E-state index contributed by atoms with van der Waals surface area (Å²) in [5.74, 6) is -0.655. The molecule has 0 saturated carbocycles. The highest BCUT2D eigenvalue weighted by atomic mass is 16.2. The van der Waals surface area contributed by atoms with Crippen LogP contribution in [0, 0.1) is 0 Å². The van der Waals surface area contributed by atoms with Gasteiger partial charge in [-0.3, -0.25) is 9.59 Å². The molecule has 2 aromatic carbocycles. The van der Waals surface area contributed by atoms with Crippen LogP contribution in [0.5, 0.6) is 0 Å². The fourth-order valence-electron chi connectivity index (χ4n) is 4.55. The lowest BCUT2D eigenvalue weighted by Crippen LogP contribution is -2.18. The molecular formula is C28H27N5O2. The fourth-order valence-corrected chi connectivity index (χ4v) is 4.55. The molecule has 7 heteroatoms. The van der Waals surface area contributed by atoms with Gasteiger partial charge in [-0.05, 0) is 48.2 Å². The quantitative estimate of drug-likeness (QED) is 0.353. The lowest BCUT2D eigenvalue weighted by Gasteiger charge is -2.17. The number of primary amides is 1. The second-order valence-electron chi connectivity index (χ2n) is 8.70. The smallest absolute Gasteiger partial charge is 0.249 e. The first-order chi connectivity index (χ1) is 17.1. The molecule has 0 bridgehead atoms. The maximum atomic E-state index is 12.9. The molecule has 0 atom stereocenters. The largest absolute Gasteiger partial charge is 0.372 e. The maximum absolute atomic E-state index is 12.9. The number of hydrogen-bond acceptors (Lipinski definition) is 4. The Kier molecular flexibility index (Phi) is 6.30. The molecular weight excluding hydrogens is 438 g/mol. The van der Waals surface area contributed by atoms with E-state index in [2.05, 4.69) is 32.3 Å². The van der Waals surface area contributed by atoms with Crippen LogP contribution in [-0.4, -0.2) is 34.9 Å². The van der Waals surface area contributed by atoms with Crippen molar-refractivity contribution in [2.75, 3.05) is 23.3 Å². The van der Waals surface area contributed by atoms with Gasteiger partial charge in [0.1, 0.15) is 5.65 Å². The number of amides is 2. The molecule has 0 unspecified atom stereocenters. The molecule has 1 aliphatic heterocycles. The van der Waals surface area contributed by atoms with E-state index in [0.29, 0.717) is 16.9 Å². The number of carbonyl (C=O) groups excluding carboxylic acids is 2. The van der Waals surface area contributed by atoms with Gasteiger partial charge in [-0.2, -0.15) is 0 Å². The van der Waals surface area contributed by atoms with Gasteiger partial charge in [-0.25, -0.2) is 4.98 Å². The Hall–Kier alpha value is -4.39. The highest BCUT2D eigenvalue weighted by Crippen LogP contribution is 2.29. The number of benzene rings is 2. The van der Waals surface area contributed by atoms with Crippen LogP contribution >= 0.6 is 0 Å². The number of carbonyl (C=O) groups is 2. The van der Waals surface area contributed by atoms with Crippen molar-refractivity contribution in [2.45, 2.75) is 19.3 Å². The predicted octanol–water partition coefficient (Wildman–Crippen LogP) is 4.37. The number of H-pyrrole nitrogens is 1. The Bertz CT molecular complexity index is 1380. The Morgan fingerprint density at radius 2 is 1.77 bits per heavy atom. The molecule has 0 aliphatic carbocycles. The lowest BCUT2D eigenvalue weighted by atomic mass is 10.0. The summed E-state index contributed by atoms with van der Waals surface area (Å²) in [5.41, 5.74) is 10.9. The van der Waals surface area contributed by atoms with Crippen molar-refractivity contribution >= 4 is 45.9 Å².